The molecule has 3 heteroatoms. The molecule has 1 aromatic rings. The van der Waals surface area contributed by atoms with Crippen molar-refractivity contribution in [2.24, 2.45) is 0 Å². The maximum atomic E-state index is 9.28. The molecule has 0 amide bonds. The van der Waals surface area contributed by atoms with E-state index in [0.717, 1.165) is 12.0 Å². The van der Waals surface area contributed by atoms with Gasteiger partial charge in [0.05, 0.1) is 5.69 Å². The average Bonchev–Trinajstić information content (AvgIpc) is 2.04. The van der Waals surface area contributed by atoms with Crippen molar-refractivity contribution in [2.75, 3.05) is 4.84 Å². The first-order chi connectivity index (χ1) is 5.27. The summed E-state index contributed by atoms with van der Waals surface area (Å²) in [6.45, 7) is 2.03. The second kappa shape index (κ2) is 3.49. The van der Waals surface area contributed by atoms with E-state index in [2.05, 4.69) is 4.84 Å². The molecule has 0 fully saturated rings. The summed E-state index contributed by atoms with van der Waals surface area (Å²) in [6.07, 6.45) is 0.913. The molecule has 60 valence electrons. The molecule has 1 rings (SSSR count). The maximum absolute atomic E-state index is 9.28. The molecule has 2 nitrogen and oxygen atoms in total. The highest BCUT2D eigenvalue weighted by molar-refractivity contribution is 6.24. The van der Waals surface area contributed by atoms with Crippen LogP contribution in [0.4, 0.5) is 5.69 Å². The van der Waals surface area contributed by atoms with Gasteiger partial charge in [-0.25, -0.2) is 0 Å². The summed E-state index contributed by atoms with van der Waals surface area (Å²) in [6, 6.07) is 5.37. The van der Waals surface area contributed by atoms with Gasteiger partial charge in [-0.05, 0) is 24.1 Å². The van der Waals surface area contributed by atoms with E-state index < -0.39 is 0 Å². The van der Waals surface area contributed by atoms with Gasteiger partial charge in [0.1, 0.15) is 5.75 Å². The number of benzene rings is 1. The molecule has 0 aliphatic carbocycles. The summed E-state index contributed by atoms with van der Waals surface area (Å²) >= 11 is 5.32. The van der Waals surface area contributed by atoms with Crippen molar-refractivity contribution in [1.29, 1.82) is 0 Å². The monoisotopic (exact) mass is 171 g/mol. The Balaban J connectivity index is 2.99. The second-order valence-electron chi connectivity index (χ2n) is 2.30. The van der Waals surface area contributed by atoms with Gasteiger partial charge in [-0.15, -0.1) is 0 Å². The van der Waals surface area contributed by atoms with Gasteiger partial charge in [-0.3, -0.25) is 4.84 Å². The molecule has 2 N–H and O–H groups in total. The van der Waals surface area contributed by atoms with E-state index in [4.69, 9.17) is 11.8 Å². The molecule has 0 bridgehead atoms. The first kappa shape index (κ1) is 8.21. The number of aromatic hydroxyl groups is 1. The van der Waals surface area contributed by atoms with E-state index in [9.17, 15) is 5.11 Å². The molecule has 0 unspecified atom stereocenters. The molecule has 0 saturated carbocycles. The Morgan fingerprint density at radius 3 is 2.73 bits per heavy atom. The van der Waals surface area contributed by atoms with Crippen molar-refractivity contribution in [3.05, 3.63) is 23.8 Å². The number of hydrogen-bond acceptors (Lipinski definition) is 2. The van der Waals surface area contributed by atoms with Crippen molar-refractivity contribution in [2.45, 2.75) is 13.3 Å². The van der Waals surface area contributed by atoms with E-state index in [-0.39, 0.29) is 5.75 Å². The minimum absolute atomic E-state index is 0.194. The molecule has 0 radical (unpaired) electrons. The Hall–Kier alpha value is -0.890. The molecule has 11 heavy (non-hydrogen) atoms. The van der Waals surface area contributed by atoms with Gasteiger partial charge in [0.15, 0.2) is 0 Å². The third kappa shape index (κ3) is 1.77. The third-order valence-corrected chi connectivity index (χ3v) is 1.78. The van der Waals surface area contributed by atoms with Gasteiger partial charge in [-0.2, -0.15) is 0 Å². The Morgan fingerprint density at radius 1 is 1.55 bits per heavy atom. The summed E-state index contributed by atoms with van der Waals surface area (Å²) in [4.78, 5) is 2.37. The van der Waals surface area contributed by atoms with Crippen LogP contribution in [-0.2, 0) is 6.42 Å². The van der Waals surface area contributed by atoms with Gasteiger partial charge in [0, 0.05) is 11.8 Å². The number of anilines is 1. The summed E-state index contributed by atoms with van der Waals surface area (Å²) in [5.41, 5.74) is 1.64. The van der Waals surface area contributed by atoms with Crippen LogP contribution in [0.1, 0.15) is 12.5 Å². The number of halogens is 1. The van der Waals surface area contributed by atoms with E-state index >= 15 is 0 Å². The summed E-state index contributed by atoms with van der Waals surface area (Å²) in [5, 5.41) is 9.28. The minimum atomic E-state index is 0.194. The fourth-order valence-electron chi connectivity index (χ4n) is 0.877. The normalized spacial score (nSPS) is 9.64. The lowest BCUT2D eigenvalue weighted by Crippen LogP contribution is -1.84. The van der Waals surface area contributed by atoms with Gasteiger partial charge < -0.3 is 5.11 Å². The van der Waals surface area contributed by atoms with Crippen LogP contribution in [0.3, 0.4) is 0 Å². The Kier molecular flexibility index (Phi) is 2.60. The molecule has 0 aliphatic rings. The van der Waals surface area contributed by atoms with Gasteiger partial charge >= 0.3 is 0 Å². The fourth-order valence-corrected chi connectivity index (χ4v) is 1.04. The van der Waals surface area contributed by atoms with Crippen LogP contribution in [0.15, 0.2) is 18.2 Å². The second-order valence-corrected chi connectivity index (χ2v) is 2.49. The highest BCUT2D eigenvalue weighted by Crippen LogP contribution is 2.24. The van der Waals surface area contributed by atoms with Crippen LogP contribution in [-0.4, -0.2) is 5.11 Å². The quantitative estimate of drug-likeness (QED) is 0.530. The topological polar surface area (TPSA) is 32.3 Å². The molecule has 0 spiro atoms. The lowest BCUT2D eigenvalue weighted by Gasteiger charge is -2.02. The molecular weight excluding hydrogens is 162 g/mol. The van der Waals surface area contributed by atoms with Gasteiger partial charge in [0.2, 0.25) is 0 Å². The number of rotatable bonds is 2. The standard InChI is InChI=1S/C8H10ClNO/c1-2-6-3-4-7(10-9)8(11)5-6/h3-5,10-11H,2H2,1H3. The number of phenols is 1. The van der Waals surface area contributed by atoms with Crippen LogP contribution < -0.4 is 4.84 Å². The van der Waals surface area contributed by atoms with E-state index in [1.807, 2.05) is 13.0 Å². The highest BCUT2D eigenvalue weighted by Gasteiger charge is 1.98. The Bertz CT molecular complexity index is 250. The lowest BCUT2D eigenvalue weighted by molar-refractivity contribution is 0.477. The number of hydrogen-bond donors (Lipinski definition) is 2. The first-order valence-corrected chi connectivity index (χ1v) is 3.84. The predicted octanol–water partition coefficient (Wildman–Crippen LogP) is 2.52. The minimum Gasteiger partial charge on any atom is -0.506 e. The SMILES string of the molecule is CCc1ccc(NCl)c(O)c1. The molecule has 0 atom stereocenters. The zero-order valence-electron chi connectivity index (χ0n) is 6.26. The molecule has 1 aromatic carbocycles. The Morgan fingerprint density at radius 2 is 2.27 bits per heavy atom. The predicted molar refractivity (Wildman–Crippen MR) is 47.0 cm³/mol. The molecule has 0 heterocycles. The molecular formula is C8H10ClNO. The van der Waals surface area contributed by atoms with E-state index in [1.165, 1.54) is 0 Å². The van der Waals surface area contributed by atoms with Crippen LogP contribution >= 0.6 is 11.8 Å². The molecule has 0 saturated heterocycles. The van der Waals surface area contributed by atoms with Crippen LogP contribution in [0.2, 0.25) is 0 Å². The average molecular weight is 172 g/mol. The fraction of sp³-hybridized carbons (Fsp3) is 0.250. The number of phenolic OH excluding ortho intramolecular Hbond substituents is 1. The summed E-state index contributed by atoms with van der Waals surface area (Å²) in [7, 11) is 0. The van der Waals surface area contributed by atoms with Crippen LogP contribution in [0, 0.1) is 0 Å². The summed E-state index contributed by atoms with van der Waals surface area (Å²) in [5.74, 6) is 0.194. The number of nitrogens with one attached hydrogen (secondary N) is 1. The highest BCUT2D eigenvalue weighted by atomic mass is 35.5. The largest absolute Gasteiger partial charge is 0.506 e. The lowest BCUT2D eigenvalue weighted by atomic mass is 10.1. The van der Waals surface area contributed by atoms with Crippen LogP contribution in [0.25, 0.3) is 0 Å². The molecule has 0 aliphatic heterocycles. The van der Waals surface area contributed by atoms with Crippen molar-refractivity contribution in [3.63, 3.8) is 0 Å². The smallest absolute Gasteiger partial charge is 0.140 e. The van der Waals surface area contributed by atoms with Crippen molar-refractivity contribution in [1.82, 2.24) is 0 Å². The van der Waals surface area contributed by atoms with Crippen molar-refractivity contribution < 1.29 is 5.11 Å². The first-order valence-electron chi connectivity index (χ1n) is 3.46. The van der Waals surface area contributed by atoms with Crippen molar-refractivity contribution >= 4 is 17.5 Å². The maximum Gasteiger partial charge on any atom is 0.140 e. The Labute approximate surface area is 70.9 Å². The molecule has 0 aromatic heterocycles. The third-order valence-electron chi connectivity index (χ3n) is 1.57. The van der Waals surface area contributed by atoms with Crippen molar-refractivity contribution in [3.8, 4) is 5.75 Å². The van der Waals surface area contributed by atoms with Gasteiger partial charge in [-0.1, -0.05) is 13.0 Å². The van der Waals surface area contributed by atoms with E-state index in [1.54, 1.807) is 12.1 Å². The zero-order chi connectivity index (χ0) is 8.27. The van der Waals surface area contributed by atoms with Gasteiger partial charge in [0.25, 0.3) is 0 Å². The summed E-state index contributed by atoms with van der Waals surface area (Å²) < 4.78 is 0. The van der Waals surface area contributed by atoms with E-state index in [0.29, 0.717) is 5.69 Å². The zero-order valence-corrected chi connectivity index (χ0v) is 7.02. The van der Waals surface area contributed by atoms with Crippen LogP contribution in [0.5, 0.6) is 5.75 Å². The number of aryl methyl sites for hydroxylation is 1.